The van der Waals surface area contributed by atoms with Crippen molar-refractivity contribution in [2.75, 3.05) is 6.61 Å². The molecule has 2 aromatic carbocycles. The highest BCUT2D eigenvalue weighted by molar-refractivity contribution is 7.07. The van der Waals surface area contributed by atoms with E-state index >= 15 is 0 Å². The minimum atomic E-state index is -0.436. The number of ether oxygens (including phenoxy) is 1. The number of aliphatic hydroxyl groups excluding tert-OH is 1. The summed E-state index contributed by atoms with van der Waals surface area (Å²) in [6.45, 7) is 0.178. The molecule has 26 heavy (non-hydrogen) atoms. The third kappa shape index (κ3) is 4.36. The van der Waals surface area contributed by atoms with Crippen molar-refractivity contribution in [1.29, 1.82) is 0 Å². The molecule has 0 spiro atoms. The molecule has 0 atom stereocenters. The van der Waals surface area contributed by atoms with Crippen LogP contribution in [0.4, 0.5) is 5.69 Å². The van der Waals surface area contributed by atoms with E-state index in [1.165, 1.54) is 6.07 Å². The Morgan fingerprint density at radius 1 is 1.19 bits per heavy atom. The third-order valence-corrected chi connectivity index (χ3v) is 4.56. The van der Waals surface area contributed by atoms with Gasteiger partial charge in [0.05, 0.1) is 17.1 Å². The van der Waals surface area contributed by atoms with Crippen molar-refractivity contribution in [3.05, 3.63) is 92.2 Å². The number of thiophene rings is 1. The molecule has 0 fully saturated rings. The molecule has 0 radical (unpaired) electrons. The van der Waals surface area contributed by atoms with Crippen LogP contribution >= 0.6 is 11.3 Å². The molecule has 0 aliphatic heterocycles. The Labute approximate surface area is 155 Å². The van der Waals surface area contributed by atoms with Gasteiger partial charge in [-0.1, -0.05) is 30.3 Å². The van der Waals surface area contributed by atoms with Crippen LogP contribution < -0.4 is 4.74 Å². The van der Waals surface area contributed by atoms with E-state index in [-0.39, 0.29) is 12.3 Å². The standard InChI is InChI=1S/C20H17NO4S/c22-12-18(16-4-2-1-3-5-16)10-17-11-19(6-7-20(17)21(23)24)25-13-15-8-9-26-14-15/h1-11,14,22H,12-13H2/b18-10-. The topological polar surface area (TPSA) is 72.6 Å². The Balaban J connectivity index is 1.93. The van der Waals surface area contributed by atoms with Crippen molar-refractivity contribution < 1.29 is 14.8 Å². The average molecular weight is 367 g/mol. The Hall–Kier alpha value is -2.96. The van der Waals surface area contributed by atoms with Gasteiger partial charge in [-0.2, -0.15) is 11.3 Å². The average Bonchev–Trinajstić information content (AvgIpc) is 3.18. The molecular formula is C20H17NO4S. The predicted octanol–water partition coefficient (Wildman–Crippen LogP) is 4.77. The molecule has 0 unspecified atom stereocenters. The van der Waals surface area contributed by atoms with E-state index in [2.05, 4.69) is 0 Å². The number of hydrogen-bond donors (Lipinski definition) is 1. The molecule has 6 heteroatoms. The number of nitrogens with zero attached hydrogens (tertiary/aromatic N) is 1. The molecule has 3 aromatic rings. The Bertz CT molecular complexity index is 905. The molecule has 0 aliphatic rings. The first kappa shape index (κ1) is 17.8. The van der Waals surface area contributed by atoms with Crippen LogP contribution in [-0.2, 0) is 6.61 Å². The van der Waals surface area contributed by atoms with Crippen molar-refractivity contribution in [2.45, 2.75) is 6.61 Å². The first-order valence-corrected chi connectivity index (χ1v) is 8.91. The summed E-state index contributed by atoms with van der Waals surface area (Å²) in [6, 6.07) is 15.9. The second-order valence-corrected chi connectivity index (χ2v) is 6.37. The molecule has 0 bridgehead atoms. The maximum absolute atomic E-state index is 11.4. The highest BCUT2D eigenvalue weighted by Crippen LogP contribution is 2.29. The minimum Gasteiger partial charge on any atom is -0.489 e. The second-order valence-electron chi connectivity index (χ2n) is 5.59. The van der Waals surface area contributed by atoms with E-state index in [9.17, 15) is 15.2 Å². The normalized spacial score (nSPS) is 11.3. The molecular weight excluding hydrogens is 350 g/mol. The van der Waals surface area contributed by atoms with Crippen LogP contribution in [0.25, 0.3) is 11.6 Å². The van der Waals surface area contributed by atoms with Crippen molar-refractivity contribution in [3.63, 3.8) is 0 Å². The number of nitro benzene ring substituents is 1. The lowest BCUT2D eigenvalue weighted by Gasteiger charge is -2.08. The maximum Gasteiger partial charge on any atom is 0.276 e. The van der Waals surface area contributed by atoms with Crippen LogP contribution in [0.5, 0.6) is 5.75 Å². The van der Waals surface area contributed by atoms with E-state index in [0.29, 0.717) is 23.5 Å². The summed E-state index contributed by atoms with van der Waals surface area (Å²) in [5.41, 5.74) is 2.82. The van der Waals surface area contributed by atoms with E-state index in [4.69, 9.17) is 4.74 Å². The zero-order valence-electron chi connectivity index (χ0n) is 13.9. The SMILES string of the molecule is O=[N+]([O-])c1ccc(OCc2ccsc2)cc1/C=C(/CO)c1ccccc1. The molecule has 1 heterocycles. The number of aliphatic hydroxyl groups is 1. The second kappa shape index (κ2) is 8.42. The lowest BCUT2D eigenvalue weighted by atomic mass is 10.0. The van der Waals surface area contributed by atoms with E-state index in [1.807, 2.05) is 47.2 Å². The molecule has 132 valence electrons. The van der Waals surface area contributed by atoms with Crippen molar-refractivity contribution in [1.82, 2.24) is 0 Å². The highest BCUT2D eigenvalue weighted by Gasteiger charge is 2.14. The van der Waals surface area contributed by atoms with Gasteiger partial charge in [0.1, 0.15) is 12.4 Å². The number of benzene rings is 2. The quantitative estimate of drug-likeness (QED) is 0.371. The monoisotopic (exact) mass is 367 g/mol. The van der Waals surface area contributed by atoms with Crippen LogP contribution in [0.3, 0.4) is 0 Å². The van der Waals surface area contributed by atoms with Crippen molar-refractivity contribution in [3.8, 4) is 5.75 Å². The van der Waals surface area contributed by atoms with Crippen LogP contribution in [-0.4, -0.2) is 16.6 Å². The van der Waals surface area contributed by atoms with Gasteiger partial charge in [-0.05, 0) is 51.7 Å². The Kier molecular flexibility index (Phi) is 5.78. The summed E-state index contributed by atoms with van der Waals surface area (Å²) in [7, 11) is 0. The van der Waals surface area contributed by atoms with E-state index in [1.54, 1.807) is 29.5 Å². The fourth-order valence-electron chi connectivity index (χ4n) is 2.51. The molecule has 0 saturated heterocycles. The fourth-order valence-corrected chi connectivity index (χ4v) is 3.16. The zero-order chi connectivity index (χ0) is 18.4. The molecule has 5 nitrogen and oxygen atoms in total. The molecule has 1 N–H and O–H groups in total. The first-order valence-electron chi connectivity index (χ1n) is 7.96. The van der Waals surface area contributed by atoms with Gasteiger partial charge < -0.3 is 9.84 Å². The van der Waals surface area contributed by atoms with Gasteiger partial charge in [-0.25, -0.2) is 0 Å². The summed E-state index contributed by atoms with van der Waals surface area (Å²) in [5.74, 6) is 0.540. The highest BCUT2D eigenvalue weighted by atomic mass is 32.1. The maximum atomic E-state index is 11.4. The van der Waals surface area contributed by atoms with E-state index in [0.717, 1.165) is 11.1 Å². The molecule has 3 rings (SSSR count). The summed E-state index contributed by atoms with van der Waals surface area (Å²) < 4.78 is 5.74. The lowest BCUT2D eigenvalue weighted by Crippen LogP contribution is -1.97. The summed E-state index contributed by atoms with van der Waals surface area (Å²) in [5, 5.41) is 25.0. The lowest BCUT2D eigenvalue weighted by molar-refractivity contribution is -0.385. The predicted molar refractivity (Wildman–Crippen MR) is 103 cm³/mol. The van der Waals surface area contributed by atoms with Crippen LogP contribution in [0.2, 0.25) is 0 Å². The largest absolute Gasteiger partial charge is 0.489 e. The van der Waals surface area contributed by atoms with Gasteiger partial charge in [0.2, 0.25) is 0 Å². The van der Waals surface area contributed by atoms with Crippen LogP contribution in [0.1, 0.15) is 16.7 Å². The first-order chi connectivity index (χ1) is 12.7. The van der Waals surface area contributed by atoms with Gasteiger partial charge in [0.25, 0.3) is 5.69 Å². The number of rotatable bonds is 7. The summed E-state index contributed by atoms with van der Waals surface area (Å²) in [6.07, 6.45) is 1.63. The van der Waals surface area contributed by atoms with Crippen molar-refractivity contribution >= 4 is 28.7 Å². The third-order valence-electron chi connectivity index (χ3n) is 3.83. The zero-order valence-corrected chi connectivity index (χ0v) is 14.7. The smallest absolute Gasteiger partial charge is 0.276 e. The molecule has 0 aliphatic carbocycles. The number of nitro groups is 1. The van der Waals surface area contributed by atoms with Gasteiger partial charge in [0, 0.05) is 6.07 Å². The minimum absolute atomic E-state index is 0.0326. The summed E-state index contributed by atoms with van der Waals surface area (Å²) >= 11 is 1.59. The fraction of sp³-hybridized carbons (Fsp3) is 0.100. The van der Waals surface area contributed by atoms with Crippen molar-refractivity contribution in [2.24, 2.45) is 0 Å². The van der Waals surface area contributed by atoms with Crippen LogP contribution in [0.15, 0.2) is 65.4 Å². The number of hydrogen-bond acceptors (Lipinski definition) is 5. The van der Waals surface area contributed by atoms with Gasteiger partial charge in [-0.15, -0.1) is 0 Å². The van der Waals surface area contributed by atoms with E-state index < -0.39 is 4.92 Å². The molecule has 1 aromatic heterocycles. The van der Waals surface area contributed by atoms with Gasteiger partial charge in [0.15, 0.2) is 0 Å². The summed E-state index contributed by atoms with van der Waals surface area (Å²) in [4.78, 5) is 10.9. The molecule has 0 amide bonds. The van der Waals surface area contributed by atoms with Gasteiger partial charge >= 0.3 is 0 Å². The molecule has 0 saturated carbocycles. The Morgan fingerprint density at radius 2 is 2.00 bits per heavy atom. The van der Waals surface area contributed by atoms with Crippen LogP contribution in [0, 0.1) is 10.1 Å². The Morgan fingerprint density at radius 3 is 2.65 bits per heavy atom. The van der Waals surface area contributed by atoms with Gasteiger partial charge in [-0.3, -0.25) is 10.1 Å².